The molecule has 2 nitrogen and oxygen atoms in total. The van der Waals surface area contributed by atoms with E-state index in [1.807, 2.05) is 30.9 Å². The number of methoxy groups -OCH3 is 1. The van der Waals surface area contributed by atoms with Crippen LogP contribution in [0.4, 0.5) is 0 Å². The van der Waals surface area contributed by atoms with E-state index in [1.165, 1.54) is 17.7 Å². The minimum Gasteiger partial charge on any atom is -0.497 e. The van der Waals surface area contributed by atoms with Crippen molar-refractivity contribution in [1.29, 1.82) is 0 Å². The first kappa shape index (κ1) is 15.4. The molecule has 0 aliphatic carbocycles. The SMILES string of the molecule is CNC(CSCCC(C)C)c1ccc(OC)cc1. The molecular weight excluding hydrogens is 242 g/mol. The number of ether oxygens (including phenoxy) is 1. The average Bonchev–Trinajstić information content (AvgIpc) is 2.39. The summed E-state index contributed by atoms with van der Waals surface area (Å²) < 4.78 is 5.18. The fraction of sp³-hybridized carbons (Fsp3) is 0.600. The lowest BCUT2D eigenvalue weighted by atomic mass is 10.1. The summed E-state index contributed by atoms with van der Waals surface area (Å²) in [5.41, 5.74) is 1.33. The predicted molar refractivity (Wildman–Crippen MR) is 81.6 cm³/mol. The van der Waals surface area contributed by atoms with Crippen LogP contribution in [0.1, 0.15) is 31.9 Å². The summed E-state index contributed by atoms with van der Waals surface area (Å²) >= 11 is 2.03. The summed E-state index contributed by atoms with van der Waals surface area (Å²) in [7, 11) is 3.73. The van der Waals surface area contributed by atoms with Crippen LogP contribution in [0, 0.1) is 5.92 Å². The zero-order valence-electron chi connectivity index (χ0n) is 11.9. The van der Waals surface area contributed by atoms with Gasteiger partial charge in [0.25, 0.3) is 0 Å². The Morgan fingerprint density at radius 1 is 1.22 bits per heavy atom. The zero-order valence-corrected chi connectivity index (χ0v) is 12.7. The fourth-order valence-electron chi connectivity index (χ4n) is 1.70. The van der Waals surface area contributed by atoms with Gasteiger partial charge in [-0.2, -0.15) is 11.8 Å². The number of hydrogen-bond acceptors (Lipinski definition) is 3. The summed E-state index contributed by atoms with van der Waals surface area (Å²) in [6.45, 7) is 4.55. The van der Waals surface area contributed by atoms with Gasteiger partial charge in [0.2, 0.25) is 0 Å². The highest BCUT2D eigenvalue weighted by molar-refractivity contribution is 7.99. The van der Waals surface area contributed by atoms with Crippen molar-refractivity contribution in [2.45, 2.75) is 26.3 Å². The summed E-state index contributed by atoms with van der Waals surface area (Å²) in [4.78, 5) is 0. The zero-order chi connectivity index (χ0) is 13.4. The minimum absolute atomic E-state index is 0.424. The maximum atomic E-state index is 5.18. The lowest BCUT2D eigenvalue weighted by Gasteiger charge is -2.17. The van der Waals surface area contributed by atoms with Crippen LogP contribution in [-0.2, 0) is 0 Å². The lowest BCUT2D eigenvalue weighted by Crippen LogP contribution is -2.18. The van der Waals surface area contributed by atoms with Crippen LogP contribution in [0.15, 0.2) is 24.3 Å². The molecule has 0 radical (unpaired) electrons. The highest BCUT2D eigenvalue weighted by atomic mass is 32.2. The third-order valence-corrected chi connectivity index (χ3v) is 4.08. The second-order valence-corrected chi connectivity index (χ2v) is 6.02. The molecule has 0 heterocycles. The molecular formula is C15H25NOS. The molecule has 18 heavy (non-hydrogen) atoms. The van der Waals surface area contributed by atoms with Crippen molar-refractivity contribution >= 4 is 11.8 Å². The van der Waals surface area contributed by atoms with E-state index in [4.69, 9.17) is 4.74 Å². The summed E-state index contributed by atoms with van der Waals surface area (Å²) in [6.07, 6.45) is 1.30. The Kier molecular flexibility index (Phi) is 7.21. The van der Waals surface area contributed by atoms with Gasteiger partial charge in [0.05, 0.1) is 7.11 Å². The van der Waals surface area contributed by atoms with Gasteiger partial charge in [-0.15, -0.1) is 0 Å². The molecule has 0 aromatic heterocycles. The van der Waals surface area contributed by atoms with Gasteiger partial charge in [-0.3, -0.25) is 0 Å². The molecule has 0 bridgehead atoms. The number of benzene rings is 1. The highest BCUT2D eigenvalue weighted by Crippen LogP contribution is 2.21. The Balaban J connectivity index is 2.44. The molecule has 1 aromatic carbocycles. The Bertz CT molecular complexity index is 324. The van der Waals surface area contributed by atoms with Crippen LogP contribution in [0.5, 0.6) is 5.75 Å². The smallest absolute Gasteiger partial charge is 0.118 e. The van der Waals surface area contributed by atoms with E-state index < -0.39 is 0 Å². The van der Waals surface area contributed by atoms with Crippen molar-refractivity contribution in [3.63, 3.8) is 0 Å². The van der Waals surface area contributed by atoms with Crippen molar-refractivity contribution in [2.24, 2.45) is 5.92 Å². The predicted octanol–water partition coefficient (Wildman–Crippen LogP) is 3.74. The van der Waals surface area contributed by atoms with Crippen LogP contribution in [-0.4, -0.2) is 25.7 Å². The van der Waals surface area contributed by atoms with Gasteiger partial charge >= 0.3 is 0 Å². The van der Waals surface area contributed by atoms with E-state index in [0.29, 0.717) is 6.04 Å². The van der Waals surface area contributed by atoms with Crippen LogP contribution in [0.3, 0.4) is 0 Å². The summed E-state index contributed by atoms with van der Waals surface area (Å²) in [6, 6.07) is 8.76. The molecule has 1 N–H and O–H groups in total. The molecule has 102 valence electrons. The van der Waals surface area contributed by atoms with Gasteiger partial charge < -0.3 is 10.1 Å². The number of thioether (sulfide) groups is 1. The van der Waals surface area contributed by atoms with Crippen molar-refractivity contribution in [2.75, 3.05) is 25.7 Å². The van der Waals surface area contributed by atoms with Crippen molar-refractivity contribution < 1.29 is 4.74 Å². The van der Waals surface area contributed by atoms with E-state index in [0.717, 1.165) is 17.4 Å². The van der Waals surface area contributed by atoms with Crippen LogP contribution in [0.25, 0.3) is 0 Å². The van der Waals surface area contributed by atoms with Crippen LogP contribution < -0.4 is 10.1 Å². The van der Waals surface area contributed by atoms with Crippen LogP contribution in [0.2, 0.25) is 0 Å². The van der Waals surface area contributed by atoms with Crippen molar-refractivity contribution in [3.05, 3.63) is 29.8 Å². The topological polar surface area (TPSA) is 21.3 Å². The quantitative estimate of drug-likeness (QED) is 0.725. The van der Waals surface area contributed by atoms with E-state index in [1.54, 1.807) is 7.11 Å². The molecule has 3 heteroatoms. The summed E-state index contributed by atoms with van der Waals surface area (Å²) in [5.74, 6) is 4.08. The first-order chi connectivity index (χ1) is 8.67. The highest BCUT2D eigenvalue weighted by Gasteiger charge is 2.09. The lowest BCUT2D eigenvalue weighted by molar-refractivity contribution is 0.414. The molecule has 1 aromatic rings. The third kappa shape index (κ3) is 5.32. The van der Waals surface area contributed by atoms with Gasteiger partial charge in [-0.05, 0) is 42.8 Å². The fourth-order valence-corrected chi connectivity index (χ4v) is 3.10. The van der Waals surface area contributed by atoms with Gasteiger partial charge in [0, 0.05) is 11.8 Å². The average molecular weight is 267 g/mol. The third-order valence-electron chi connectivity index (χ3n) is 2.99. The van der Waals surface area contributed by atoms with Gasteiger partial charge in [0.1, 0.15) is 5.75 Å². The second kappa shape index (κ2) is 8.44. The molecule has 0 saturated carbocycles. The standard InChI is InChI=1S/C15H25NOS/c1-12(2)9-10-18-11-15(16-3)13-5-7-14(17-4)8-6-13/h5-8,12,15-16H,9-11H2,1-4H3. The summed E-state index contributed by atoms with van der Waals surface area (Å²) in [5, 5.41) is 3.38. The number of hydrogen-bond donors (Lipinski definition) is 1. The minimum atomic E-state index is 0.424. The monoisotopic (exact) mass is 267 g/mol. The van der Waals surface area contributed by atoms with E-state index >= 15 is 0 Å². The Morgan fingerprint density at radius 2 is 1.89 bits per heavy atom. The second-order valence-electron chi connectivity index (χ2n) is 4.87. The van der Waals surface area contributed by atoms with E-state index in [2.05, 4.69) is 31.3 Å². The first-order valence-electron chi connectivity index (χ1n) is 6.56. The molecule has 0 spiro atoms. The van der Waals surface area contributed by atoms with E-state index in [9.17, 15) is 0 Å². The molecule has 0 aliphatic rings. The van der Waals surface area contributed by atoms with E-state index in [-0.39, 0.29) is 0 Å². The largest absolute Gasteiger partial charge is 0.497 e. The first-order valence-corrected chi connectivity index (χ1v) is 7.71. The maximum Gasteiger partial charge on any atom is 0.118 e. The van der Waals surface area contributed by atoms with Gasteiger partial charge in [0.15, 0.2) is 0 Å². The van der Waals surface area contributed by atoms with Crippen molar-refractivity contribution in [3.8, 4) is 5.75 Å². The Morgan fingerprint density at radius 3 is 2.39 bits per heavy atom. The van der Waals surface area contributed by atoms with Crippen LogP contribution >= 0.6 is 11.8 Å². The Labute approximate surface area is 116 Å². The molecule has 1 unspecified atom stereocenters. The van der Waals surface area contributed by atoms with Gasteiger partial charge in [-0.1, -0.05) is 26.0 Å². The molecule has 0 saturated heterocycles. The number of nitrogens with one attached hydrogen (secondary N) is 1. The molecule has 1 rings (SSSR count). The molecule has 0 fully saturated rings. The van der Waals surface area contributed by atoms with Crippen molar-refractivity contribution in [1.82, 2.24) is 5.32 Å². The normalized spacial score (nSPS) is 12.7. The maximum absolute atomic E-state index is 5.18. The number of rotatable bonds is 8. The molecule has 0 aliphatic heterocycles. The molecule has 0 amide bonds. The van der Waals surface area contributed by atoms with Gasteiger partial charge in [-0.25, -0.2) is 0 Å². The Hall–Kier alpha value is -0.670. The molecule has 1 atom stereocenters.